The predicted octanol–water partition coefficient (Wildman–Crippen LogP) is 3.58. The van der Waals surface area contributed by atoms with Gasteiger partial charge in [0.15, 0.2) is 0 Å². The van der Waals surface area contributed by atoms with Crippen LogP contribution in [0.15, 0.2) is 29.2 Å². The van der Waals surface area contributed by atoms with E-state index in [1.54, 1.807) is 6.07 Å². The minimum absolute atomic E-state index is 0.0377. The fourth-order valence-corrected chi connectivity index (χ4v) is 6.12. The van der Waals surface area contributed by atoms with Crippen molar-refractivity contribution >= 4 is 27.2 Å². The summed E-state index contributed by atoms with van der Waals surface area (Å²) >= 11 is 0. The normalized spacial score (nSPS) is 18.2. The highest BCUT2D eigenvalue weighted by Gasteiger charge is 2.38. The lowest BCUT2D eigenvalue weighted by atomic mass is 9.93. The molecule has 0 aromatic heterocycles. The zero-order valence-electron chi connectivity index (χ0n) is 18.6. The third kappa shape index (κ3) is 3.28. The van der Waals surface area contributed by atoms with E-state index >= 15 is 0 Å². The Kier molecular flexibility index (Phi) is 4.73. The highest BCUT2D eigenvalue weighted by atomic mass is 32.2. The molecule has 0 aliphatic carbocycles. The van der Waals surface area contributed by atoms with Gasteiger partial charge in [-0.1, -0.05) is 26.0 Å². The summed E-state index contributed by atoms with van der Waals surface area (Å²) in [5, 5.41) is 0. The van der Waals surface area contributed by atoms with Crippen molar-refractivity contribution in [3.8, 4) is 0 Å². The van der Waals surface area contributed by atoms with E-state index in [4.69, 9.17) is 0 Å². The Balaban J connectivity index is 1.72. The molecule has 1 N–H and O–H groups in total. The first-order chi connectivity index (χ1) is 14.7. The van der Waals surface area contributed by atoms with Crippen molar-refractivity contribution < 1.29 is 13.0 Å². The van der Waals surface area contributed by atoms with Crippen LogP contribution >= 0.6 is 0 Å². The summed E-state index contributed by atoms with van der Waals surface area (Å²) in [5.74, 6) is 0.430. The number of anilines is 3. The van der Waals surface area contributed by atoms with E-state index < -0.39 is 10.1 Å². The maximum Gasteiger partial charge on any atom is 0.296 e. The molecule has 7 nitrogen and oxygen atoms in total. The third-order valence-electron chi connectivity index (χ3n) is 6.72. The van der Waals surface area contributed by atoms with Crippen LogP contribution < -0.4 is 14.7 Å². The van der Waals surface area contributed by atoms with Gasteiger partial charge in [0, 0.05) is 43.1 Å². The van der Waals surface area contributed by atoms with Crippen LogP contribution in [0.25, 0.3) is 0 Å². The molecule has 0 amide bonds. The number of hydrogen-bond acceptors (Lipinski definition) is 6. The summed E-state index contributed by atoms with van der Waals surface area (Å²) in [7, 11) is -2.32. The summed E-state index contributed by atoms with van der Waals surface area (Å²) in [6.07, 6.45) is 0. The number of rotatable bonds is 3. The van der Waals surface area contributed by atoms with Gasteiger partial charge in [-0.15, -0.1) is 0 Å². The van der Waals surface area contributed by atoms with Crippen LogP contribution in [0.1, 0.15) is 48.9 Å². The molecule has 3 aliphatic rings. The van der Waals surface area contributed by atoms with E-state index in [2.05, 4.69) is 58.6 Å². The largest absolute Gasteiger partial charge is 0.358 e. The molecule has 2 aromatic rings. The minimum Gasteiger partial charge on any atom is -0.358 e. The van der Waals surface area contributed by atoms with Gasteiger partial charge in [-0.2, -0.15) is 8.42 Å². The van der Waals surface area contributed by atoms with Crippen molar-refractivity contribution in [2.24, 2.45) is 0 Å². The van der Waals surface area contributed by atoms with Crippen molar-refractivity contribution in [1.29, 1.82) is 0 Å². The zero-order valence-corrected chi connectivity index (χ0v) is 19.4. The first-order valence-electron chi connectivity index (χ1n) is 10.9. The van der Waals surface area contributed by atoms with E-state index in [1.807, 2.05) is 7.05 Å². The molecule has 0 saturated carbocycles. The van der Waals surface area contributed by atoms with Crippen LogP contribution in [0.4, 0.5) is 17.1 Å². The van der Waals surface area contributed by atoms with Gasteiger partial charge in [0.05, 0.1) is 19.0 Å². The molecule has 166 valence electrons. The van der Waals surface area contributed by atoms with E-state index in [1.165, 1.54) is 16.8 Å². The summed E-state index contributed by atoms with van der Waals surface area (Å²) in [4.78, 5) is 8.94. The molecule has 0 saturated heterocycles. The number of hydrogen-bond donors (Lipinski definition) is 1. The molecule has 31 heavy (non-hydrogen) atoms. The second kappa shape index (κ2) is 7.12. The van der Waals surface area contributed by atoms with Crippen LogP contribution in [0.3, 0.4) is 0 Å². The molecule has 5 rings (SSSR count). The highest BCUT2D eigenvalue weighted by molar-refractivity contribution is 7.86. The number of nitrogens with zero attached hydrogens (tertiary/aromatic N) is 4. The van der Waals surface area contributed by atoms with Gasteiger partial charge in [0.1, 0.15) is 4.90 Å². The molecule has 2 aromatic carbocycles. The van der Waals surface area contributed by atoms with Gasteiger partial charge in [0.25, 0.3) is 10.1 Å². The Bertz CT molecular complexity index is 1160. The van der Waals surface area contributed by atoms with Crippen molar-refractivity contribution in [2.45, 2.75) is 51.2 Å². The summed E-state index contributed by atoms with van der Waals surface area (Å²) in [6, 6.07) is 8.34. The molecule has 3 heterocycles. The molecular formula is C23H30N4O3S. The van der Waals surface area contributed by atoms with Crippen molar-refractivity contribution in [3.05, 3.63) is 46.5 Å². The Hall–Kier alpha value is -2.29. The maximum absolute atomic E-state index is 12.5. The Morgan fingerprint density at radius 3 is 2.45 bits per heavy atom. The molecule has 2 bridgehead atoms. The smallest absolute Gasteiger partial charge is 0.296 e. The zero-order chi connectivity index (χ0) is 22.1. The average Bonchev–Trinajstić information content (AvgIpc) is 2.71. The molecule has 0 spiro atoms. The SMILES string of the molecule is CCN1CN(C)Cc2cc(S(=O)(=O)O)c3c(c21)CN1CN3Cc2cc(C(C)C)ccc21. The lowest BCUT2D eigenvalue weighted by molar-refractivity contribution is 0.309. The minimum atomic E-state index is -4.35. The van der Waals surface area contributed by atoms with Gasteiger partial charge >= 0.3 is 0 Å². The van der Waals surface area contributed by atoms with Crippen LogP contribution in [0.2, 0.25) is 0 Å². The van der Waals surface area contributed by atoms with Crippen LogP contribution in [-0.4, -0.2) is 44.8 Å². The van der Waals surface area contributed by atoms with Crippen molar-refractivity contribution in [1.82, 2.24) is 4.90 Å². The first-order valence-corrected chi connectivity index (χ1v) is 12.3. The molecule has 8 heteroatoms. The fraction of sp³-hybridized carbons (Fsp3) is 0.478. The molecule has 0 fully saturated rings. The van der Waals surface area contributed by atoms with E-state index in [9.17, 15) is 13.0 Å². The van der Waals surface area contributed by atoms with Crippen molar-refractivity contribution in [3.63, 3.8) is 0 Å². The van der Waals surface area contributed by atoms with Gasteiger partial charge in [-0.3, -0.25) is 9.45 Å². The van der Waals surface area contributed by atoms with E-state index in [0.29, 0.717) is 37.9 Å². The summed E-state index contributed by atoms with van der Waals surface area (Å²) in [6.45, 7) is 10.7. The molecule has 3 aliphatic heterocycles. The Morgan fingerprint density at radius 1 is 1.00 bits per heavy atom. The van der Waals surface area contributed by atoms with Crippen LogP contribution in [0, 0.1) is 0 Å². The Labute approximate surface area is 184 Å². The van der Waals surface area contributed by atoms with Crippen molar-refractivity contribution in [2.75, 3.05) is 41.6 Å². The van der Waals surface area contributed by atoms with Gasteiger partial charge in [-0.25, -0.2) is 0 Å². The molecule has 0 unspecified atom stereocenters. The monoisotopic (exact) mass is 442 g/mol. The van der Waals surface area contributed by atoms with E-state index in [0.717, 1.165) is 30.0 Å². The Morgan fingerprint density at radius 2 is 1.77 bits per heavy atom. The molecule has 0 radical (unpaired) electrons. The average molecular weight is 443 g/mol. The number of benzene rings is 2. The standard InChI is InChI=1S/C23H30N4O3S/c1-5-25-13-24(4)10-18-9-21(31(28,29)30)23-19(22(18)25)12-26-14-27(23)11-17-8-16(15(2)3)6-7-20(17)26/h6-9,15H,5,10-14H2,1-4H3,(H,28,29,30). The maximum atomic E-state index is 12.5. The quantitative estimate of drug-likeness (QED) is 0.729. The molecule has 0 atom stereocenters. The van der Waals surface area contributed by atoms with Gasteiger partial charge in [0.2, 0.25) is 0 Å². The van der Waals surface area contributed by atoms with Crippen LogP contribution in [0.5, 0.6) is 0 Å². The lowest BCUT2D eigenvalue weighted by Gasteiger charge is -2.48. The second-order valence-corrected chi connectivity index (χ2v) is 10.7. The third-order valence-corrected chi connectivity index (χ3v) is 7.59. The number of fused-ring (bicyclic) bond motifs is 8. The fourth-order valence-electron chi connectivity index (χ4n) is 5.33. The highest BCUT2D eigenvalue weighted by Crippen LogP contribution is 2.47. The van der Waals surface area contributed by atoms with Gasteiger partial charge in [-0.05, 0) is 48.7 Å². The predicted molar refractivity (Wildman–Crippen MR) is 123 cm³/mol. The van der Waals surface area contributed by atoms with Gasteiger partial charge < -0.3 is 14.7 Å². The van der Waals surface area contributed by atoms with Crippen LogP contribution in [-0.2, 0) is 29.8 Å². The second-order valence-electron chi connectivity index (χ2n) is 9.28. The lowest BCUT2D eigenvalue weighted by Crippen LogP contribution is -2.48. The topological polar surface area (TPSA) is 67.3 Å². The summed E-state index contributed by atoms with van der Waals surface area (Å²) < 4.78 is 35.1. The summed E-state index contributed by atoms with van der Waals surface area (Å²) in [5.41, 5.74) is 7.45. The molecular weight excluding hydrogens is 412 g/mol. The van der Waals surface area contributed by atoms with E-state index in [-0.39, 0.29) is 4.90 Å². The first kappa shape index (κ1) is 20.6.